The minimum atomic E-state index is -1.46. The molecular formula is C38H24N2O6. The Morgan fingerprint density at radius 2 is 0.804 bits per heavy atom. The van der Waals surface area contributed by atoms with Gasteiger partial charge < -0.3 is 9.13 Å². The number of para-hydroxylation sites is 4. The Morgan fingerprint density at radius 3 is 1.11 bits per heavy atom. The number of carbonyl (C=O) groups excluding carboxylic acids is 2. The Hall–Kier alpha value is -6.22. The van der Waals surface area contributed by atoms with Crippen LogP contribution in [-0.2, 0) is 9.78 Å². The lowest BCUT2D eigenvalue weighted by Gasteiger charge is -2.16. The number of fused-ring (bicyclic) bond motifs is 6. The van der Waals surface area contributed by atoms with Gasteiger partial charge in [-0.1, -0.05) is 84.6 Å². The fourth-order valence-corrected chi connectivity index (χ4v) is 5.61. The summed E-state index contributed by atoms with van der Waals surface area (Å²) in [5.41, 5.74) is -3.07. The van der Waals surface area contributed by atoms with Crippen LogP contribution in [0.25, 0.3) is 66.1 Å². The third-order valence-corrected chi connectivity index (χ3v) is 7.48. The van der Waals surface area contributed by atoms with Crippen molar-refractivity contribution < 1.29 is 51.8 Å². The first-order valence-electron chi connectivity index (χ1n) is 21.2. The van der Waals surface area contributed by atoms with Crippen LogP contribution in [-0.4, -0.2) is 31.6 Å². The molecule has 0 saturated carbocycles. The summed E-state index contributed by atoms with van der Waals surface area (Å²) in [4.78, 5) is 35.0. The van der Waals surface area contributed by atoms with E-state index in [0.717, 1.165) is 21.3 Å². The highest BCUT2D eigenvalue weighted by molar-refractivity contribution is 6.11. The van der Waals surface area contributed by atoms with Gasteiger partial charge in [-0.25, -0.2) is 9.59 Å². The molecule has 0 bridgehead atoms. The van der Waals surface area contributed by atoms with E-state index in [-0.39, 0.29) is 66.1 Å². The van der Waals surface area contributed by atoms with Gasteiger partial charge in [0.1, 0.15) is 0 Å². The maximum atomic E-state index is 13.4. The predicted octanol–water partition coefficient (Wildman–Crippen LogP) is 8.81. The van der Waals surface area contributed by atoms with Gasteiger partial charge in [0.05, 0.1) is 55.1 Å². The summed E-state index contributed by atoms with van der Waals surface area (Å²) >= 11 is 0. The molecule has 0 amide bonds. The molecule has 0 aliphatic rings. The number of benzene rings is 6. The molecule has 8 aromatic rings. The van der Waals surface area contributed by atoms with E-state index in [1.165, 1.54) is 24.3 Å². The zero-order valence-electron chi connectivity index (χ0n) is 38.9. The minimum Gasteiger partial charge on any atom is -0.309 e. The molecule has 2 N–H and O–H groups in total. The van der Waals surface area contributed by atoms with Crippen molar-refractivity contribution in [3.8, 4) is 22.5 Å². The van der Waals surface area contributed by atoms with Crippen molar-refractivity contribution in [2.45, 2.75) is 0 Å². The summed E-state index contributed by atoms with van der Waals surface area (Å²) in [7, 11) is 0. The summed E-state index contributed by atoms with van der Waals surface area (Å²) in [6.07, 6.45) is 0. The molecule has 0 unspecified atom stereocenters. The summed E-state index contributed by atoms with van der Waals surface area (Å²) in [6, 6.07) is -3.73. The molecule has 0 spiro atoms. The summed E-state index contributed by atoms with van der Waals surface area (Å²) in [5.74, 6) is -2.93. The lowest BCUT2D eigenvalue weighted by Crippen LogP contribution is -2.10. The van der Waals surface area contributed by atoms with E-state index in [1.807, 2.05) is 0 Å². The van der Waals surface area contributed by atoms with E-state index in [9.17, 15) is 20.1 Å². The maximum Gasteiger partial charge on any atom is 0.373 e. The fraction of sp³-hybridized carbons (Fsp3) is 0. The number of aromatic nitrogens is 2. The molecule has 0 aliphatic carbocycles. The number of nitrogens with zero attached hydrogens (tertiary/aromatic N) is 2. The average Bonchev–Trinajstić information content (AvgIpc) is 3.83. The molecule has 6 aromatic carbocycles. The van der Waals surface area contributed by atoms with Gasteiger partial charge in [-0.05, 0) is 59.6 Å². The van der Waals surface area contributed by atoms with Gasteiger partial charge >= 0.3 is 11.9 Å². The van der Waals surface area contributed by atoms with Gasteiger partial charge in [-0.15, -0.1) is 0 Å². The lowest BCUT2D eigenvalue weighted by atomic mass is 9.94. The van der Waals surface area contributed by atoms with Crippen LogP contribution in [0.5, 0.6) is 0 Å². The van der Waals surface area contributed by atoms with Gasteiger partial charge in [-0.3, -0.25) is 9.78 Å². The van der Waals surface area contributed by atoms with Crippen LogP contribution in [0.1, 0.15) is 42.6 Å². The molecule has 222 valence electrons. The van der Waals surface area contributed by atoms with Gasteiger partial charge in [-0.2, -0.15) is 10.5 Å². The SMILES string of the molecule is [2H]c1c([2H])c([2H])c2c(c1[2H])c1c([2H])c([2H])c([2H])c([2H])c1n2-c1ccc(-c2ccc(-n3c4c([2H])c([2H])c([2H])c([2H])c4c4c([2H])c([2H])c([2H])c([2H])c43)cc2C(=O)OO)c(C(=O)OO)c1. The van der Waals surface area contributed by atoms with Crippen molar-refractivity contribution in [3.63, 3.8) is 0 Å². The number of hydrogen-bond acceptors (Lipinski definition) is 6. The molecule has 0 radical (unpaired) electrons. The second-order valence-corrected chi connectivity index (χ2v) is 9.78. The molecule has 0 fully saturated rings. The van der Waals surface area contributed by atoms with Crippen LogP contribution in [0.4, 0.5) is 0 Å². The molecule has 8 rings (SSSR count). The summed E-state index contributed by atoms with van der Waals surface area (Å²) in [5, 5.41) is 18.3. The highest BCUT2D eigenvalue weighted by Crippen LogP contribution is 2.37. The first-order chi connectivity index (χ1) is 29.2. The molecule has 2 aromatic heterocycles. The zero-order valence-corrected chi connectivity index (χ0v) is 22.9. The molecule has 8 heteroatoms. The monoisotopic (exact) mass is 620 g/mol. The Labute approximate surface area is 283 Å². The molecular weight excluding hydrogens is 580 g/mol. The van der Waals surface area contributed by atoms with Crippen LogP contribution in [0.3, 0.4) is 0 Å². The predicted molar refractivity (Wildman–Crippen MR) is 177 cm³/mol. The molecule has 0 saturated heterocycles. The Bertz CT molecular complexity index is 3020. The first-order valence-corrected chi connectivity index (χ1v) is 13.2. The van der Waals surface area contributed by atoms with E-state index in [1.54, 1.807) is 0 Å². The van der Waals surface area contributed by atoms with E-state index in [4.69, 9.17) is 21.9 Å². The summed E-state index contributed by atoms with van der Waals surface area (Å²) in [6.45, 7) is 0. The van der Waals surface area contributed by atoms with Crippen molar-refractivity contribution in [3.05, 3.63) is 144 Å². The van der Waals surface area contributed by atoms with Crippen LogP contribution < -0.4 is 0 Å². The van der Waals surface area contributed by atoms with Crippen molar-refractivity contribution >= 4 is 55.6 Å². The second kappa shape index (κ2) is 10.7. The highest BCUT2D eigenvalue weighted by Gasteiger charge is 2.24. The smallest absolute Gasteiger partial charge is 0.309 e. The third-order valence-electron chi connectivity index (χ3n) is 7.48. The topological polar surface area (TPSA) is 103 Å². The van der Waals surface area contributed by atoms with Crippen LogP contribution in [0.15, 0.2) is 133 Å². The largest absolute Gasteiger partial charge is 0.373 e. The lowest BCUT2D eigenvalue weighted by molar-refractivity contribution is -0.183. The van der Waals surface area contributed by atoms with Gasteiger partial charge in [0, 0.05) is 32.9 Å². The highest BCUT2D eigenvalue weighted by atomic mass is 17.1. The Balaban J connectivity index is 1.46. The van der Waals surface area contributed by atoms with Crippen LogP contribution >= 0.6 is 0 Å². The van der Waals surface area contributed by atoms with Gasteiger partial charge in [0.2, 0.25) is 0 Å². The molecule has 0 aliphatic heterocycles. The van der Waals surface area contributed by atoms with Gasteiger partial charge in [0.15, 0.2) is 0 Å². The fourth-order valence-electron chi connectivity index (χ4n) is 5.61. The standard InChI is InChI=1S/C38H24N2O6/c41-37(45-43)31-21-23(39-33-13-5-1-9-27(33)28-10-2-6-14-34(28)39)17-19-25(31)26-20-18-24(22-32(26)38(42)46-44)40-35-15-7-3-11-29(35)30-12-4-8-16-36(30)40/h1-22,43-44H/i1D,2D,3D,4D,5D,6D,7D,8D,9D,10D,11D,12D,13D,14D,15D,16D. The van der Waals surface area contributed by atoms with Crippen LogP contribution in [0, 0.1) is 0 Å². The number of hydrogen-bond donors (Lipinski definition) is 2. The molecule has 2 heterocycles. The minimum absolute atomic E-state index is 0.152. The Morgan fingerprint density at radius 1 is 0.500 bits per heavy atom. The van der Waals surface area contributed by atoms with E-state index in [2.05, 4.69) is 9.78 Å². The molecule has 8 nitrogen and oxygen atoms in total. The van der Waals surface area contributed by atoms with E-state index in [0.29, 0.717) is 0 Å². The van der Waals surface area contributed by atoms with Crippen molar-refractivity contribution in [2.24, 2.45) is 0 Å². The number of rotatable bonds is 5. The summed E-state index contributed by atoms with van der Waals surface area (Å²) < 4.78 is 139. The molecule has 46 heavy (non-hydrogen) atoms. The quantitative estimate of drug-likeness (QED) is 0.147. The van der Waals surface area contributed by atoms with E-state index >= 15 is 0 Å². The zero-order chi connectivity index (χ0) is 45.3. The second-order valence-electron chi connectivity index (χ2n) is 9.78. The van der Waals surface area contributed by atoms with Crippen molar-refractivity contribution in [1.29, 1.82) is 0 Å². The van der Waals surface area contributed by atoms with Crippen molar-refractivity contribution in [2.75, 3.05) is 0 Å². The number of carbonyl (C=O) groups is 2. The third kappa shape index (κ3) is 4.09. The average molecular weight is 621 g/mol. The van der Waals surface area contributed by atoms with Crippen molar-refractivity contribution in [1.82, 2.24) is 9.13 Å². The van der Waals surface area contributed by atoms with E-state index < -0.39 is 120 Å². The first kappa shape index (κ1) is 15.2. The Kier molecular flexibility index (Phi) is 3.54. The normalized spacial score (nSPS) is 16.3. The molecule has 0 atom stereocenters. The van der Waals surface area contributed by atoms with Crippen LogP contribution in [0.2, 0.25) is 0 Å². The maximum absolute atomic E-state index is 13.4. The van der Waals surface area contributed by atoms with Gasteiger partial charge in [0.25, 0.3) is 0 Å².